The number of piperazine rings is 1. The molecule has 0 bridgehead atoms. The molecule has 3 amide bonds. The van der Waals surface area contributed by atoms with E-state index in [1.54, 1.807) is 38.1 Å². The molecular formula is C24H21F4N3O4. The van der Waals surface area contributed by atoms with Gasteiger partial charge in [-0.3, -0.25) is 19.3 Å². The van der Waals surface area contributed by atoms with Gasteiger partial charge in [0.15, 0.2) is 5.60 Å². The Balaban J connectivity index is 1.48. The molecule has 35 heavy (non-hydrogen) atoms. The van der Waals surface area contributed by atoms with Crippen molar-refractivity contribution < 1.29 is 36.8 Å². The van der Waals surface area contributed by atoms with E-state index >= 15 is 0 Å². The van der Waals surface area contributed by atoms with Crippen molar-refractivity contribution in [2.75, 3.05) is 19.6 Å². The zero-order valence-electron chi connectivity index (χ0n) is 18.9. The summed E-state index contributed by atoms with van der Waals surface area (Å²) in [6.07, 6.45) is -4.37. The number of nitrogens with zero attached hydrogens (tertiary/aromatic N) is 3. The Hall–Kier alpha value is -3.76. The van der Waals surface area contributed by atoms with Gasteiger partial charge in [-0.1, -0.05) is 23.4 Å². The van der Waals surface area contributed by atoms with Crippen LogP contribution in [-0.2, 0) is 20.0 Å². The normalized spacial score (nSPS) is 20.7. The maximum absolute atomic E-state index is 13.7. The van der Waals surface area contributed by atoms with Crippen LogP contribution in [0.25, 0.3) is 0 Å². The lowest BCUT2D eigenvalue weighted by atomic mass is 9.88. The van der Waals surface area contributed by atoms with Crippen LogP contribution in [0.3, 0.4) is 0 Å². The summed E-state index contributed by atoms with van der Waals surface area (Å²) in [4.78, 5) is 43.8. The first kappa shape index (κ1) is 24.4. The van der Waals surface area contributed by atoms with E-state index < -0.39 is 55.0 Å². The number of hydrogen-bond acceptors (Lipinski definition) is 5. The molecule has 0 radical (unpaired) electrons. The second kappa shape index (κ2) is 8.79. The molecule has 11 heteroatoms. The molecule has 7 nitrogen and oxygen atoms in total. The van der Waals surface area contributed by atoms with Gasteiger partial charge >= 0.3 is 6.18 Å². The standard InChI is InChI=1S/C24H21F4N3O4/c1-14-8-15(19-10-23(2,35-29-19)16-4-3-5-17(25)9-16)6-7-18(14)22(34)30-11-20(32)31(21(33)12-30)13-24(26,27)28/h3-9H,10-13H2,1-2H3. The monoisotopic (exact) mass is 491 g/mol. The Morgan fingerprint density at radius 1 is 1.11 bits per heavy atom. The summed E-state index contributed by atoms with van der Waals surface area (Å²) < 4.78 is 51.5. The van der Waals surface area contributed by atoms with E-state index in [0.717, 1.165) is 4.90 Å². The van der Waals surface area contributed by atoms with E-state index in [1.807, 2.05) is 0 Å². The highest BCUT2D eigenvalue weighted by molar-refractivity contribution is 6.07. The average Bonchev–Trinajstić information content (AvgIpc) is 3.18. The molecule has 2 aromatic rings. The number of halogens is 4. The van der Waals surface area contributed by atoms with Crippen LogP contribution in [-0.4, -0.2) is 59.0 Å². The van der Waals surface area contributed by atoms with Crippen LogP contribution in [0, 0.1) is 12.7 Å². The van der Waals surface area contributed by atoms with Gasteiger partial charge in [-0.05, 0) is 49.2 Å². The van der Waals surface area contributed by atoms with E-state index in [4.69, 9.17) is 4.84 Å². The summed E-state index contributed by atoms with van der Waals surface area (Å²) >= 11 is 0. The molecule has 1 fully saturated rings. The van der Waals surface area contributed by atoms with Gasteiger partial charge in [-0.2, -0.15) is 13.2 Å². The molecule has 1 atom stereocenters. The van der Waals surface area contributed by atoms with E-state index in [2.05, 4.69) is 5.16 Å². The lowest BCUT2D eigenvalue weighted by molar-refractivity contribution is -0.174. The number of alkyl halides is 3. The number of hydrogen-bond donors (Lipinski definition) is 0. The first-order chi connectivity index (χ1) is 16.4. The van der Waals surface area contributed by atoms with Crippen LogP contribution in [0.2, 0.25) is 0 Å². The van der Waals surface area contributed by atoms with Crippen molar-refractivity contribution in [2.45, 2.75) is 32.0 Å². The van der Waals surface area contributed by atoms with E-state index in [0.29, 0.717) is 28.8 Å². The highest BCUT2D eigenvalue weighted by Gasteiger charge is 2.41. The largest absolute Gasteiger partial charge is 0.406 e. The van der Waals surface area contributed by atoms with Crippen LogP contribution >= 0.6 is 0 Å². The van der Waals surface area contributed by atoms with Crippen molar-refractivity contribution >= 4 is 23.4 Å². The predicted molar refractivity (Wildman–Crippen MR) is 116 cm³/mol. The number of benzene rings is 2. The smallest absolute Gasteiger partial charge is 0.384 e. The van der Waals surface area contributed by atoms with E-state index in [-0.39, 0.29) is 10.5 Å². The molecule has 184 valence electrons. The second-order valence-corrected chi connectivity index (χ2v) is 8.73. The second-order valence-electron chi connectivity index (χ2n) is 8.73. The van der Waals surface area contributed by atoms with Crippen molar-refractivity contribution in [3.05, 3.63) is 70.5 Å². The Morgan fingerprint density at radius 3 is 2.40 bits per heavy atom. The number of imide groups is 1. The summed E-state index contributed by atoms with van der Waals surface area (Å²) in [5, 5.41) is 4.14. The van der Waals surface area contributed by atoms with Gasteiger partial charge in [0.2, 0.25) is 11.8 Å². The number of oxime groups is 1. The van der Waals surface area contributed by atoms with Crippen molar-refractivity contribution in [3.8, 4) is 0 Å². The first-order valence-electron chi connectivity index (χ1n) is 10.7. The molecular weight excluding hydrogens is 470 g/mol. The predicted octanol–water partition coefficient (Wildman–Crippen LogP) is 3.55. The Labute approximate surface area is 197 Å². The van der Waals surface area contributed by atoms with Gasteiger partial charge in [-0.25, -0.2) is 4.39 Å². The summed E-state index contributed by atoms with van der Waals surface area (Å²) in [6.45, 7) is 0.500. The molecule has 0 aromatic heterocycles. The fraction of sp³-hybridized carbons (Fsp3) is 0.333. The molecule has 4 rings (SSSR count). The molecule has 0 aliphatic carbocycles. The third-order valence-corrected chi connectivity index (χ3v) is 5.97. The molecule has 0 spiro atoms. The summed E-state index contributed by atoms with van der Waals surface area (Å²) in [5.74, 6) is -3.21. The molecule has 2 aromatic carbocycles. The zero-order chi connectivity index (χ0) is 25.5. The average molecular weight is 491 g/mol. The van der Waals surface area contributed by atoms with Crippen LogP contribution < -0.4 is 0 Å². The molecule has 0 saturated carbocycles. The number of carbonyl (C=O) groups is 3. The Morgan fingerprint density at radius 2 is 1.80 bits per heavy atom. The van der Waals surface area contributed by atoms with E-state index in [1.165, 1.54) is 18.2 Å². The lowest BCUT2D eigenvalue weighted by Gasteiger charge is -2.33. The van der Waals surface area contributed by atoms with Gasteiger partial charge in [0.25, 0.3) is 5.91 Å². The lowest BCUT2D eigenvalue weighted by Crippen LogP contribution is -2.57. The fourth-order valence-corrected chi connectivity index (χ4v) is 4.11. The van der Waals surface area contributed by atoms with Crippen molar-refractivity contribution in [1.82, 2.24) is 9.80 Å². The molecule has 2 aliphatic rings. The zero-order valence-corrected chi connectivity index (χ0v) is 18.9. The third kappa shape index (κ3) is 5.03. The Kier molecular flexibility index (Phi) is 6.12. The van der Waals surface area contributed by atoms with Gasteiger partial charge in [0, 0.05) is 17.5 Å². The van der Waals surface area contributed by atoms with Crippen LogP contribution in [0.4, 0.5) is 17.6 Å². The molecule has 0 N–H and O–H groups in total. The Bertz CT molecular complexity index is 1230. The molecule has 1 saturated heterocycles. The maximum Gasteiger partial charge on any atom is 0.406 e. The molecule has 2 aliphatic heterocycles. The minimum atomic E-state index is -4.72. The van der Waals surface area contributed by atoms with Crippen LogP contribution in [0.1, 0.15) is 40.4 Å². The summed E-state index contributed by atoms with van der Waals surface area (Å²) in [7, 11) is 0. The van der Waals surface area contributed by atoms with E-state index in [9.17, 15) is 31.9 Å². The fourth-order valence-electron chi connectivity index (χ4n) is 4.11. The summed E-state index contributed by atoms with van der Waals surface area (Å²) in [6, 6.07) is 10.9. The molecule has 2 heterocycles. The van der Waals surface area contributed by atoms with Crippen molar-refractivity contribution in [1.29, 1.82) is 0 Å². The van der Waals surface area contributed by atoms with Crippen LogP contribution in [0.5, 0.6) is 0 Å². The highest BCUT2D eigenvalue weighted by atomic mass is 19.4. The van der Waals surface area contributed by atoms with Gasteiger partial charge < -0.3 is 9.74 Å². The first-order valence-corrected chi connectivity index (χ1v) is 10.7. The third-order valence-electron chi connectivity index (χ3n) is 5.97. The van der Waals surface area contributed by atoms with Gasteiger partial charge in [0.05, 0.1) is 5.71 Å². The highest BCUT2D eigenvalue weighted by Crippen LogP contribution is 2.36. The number of rotatable bonds is 4. The quantitative estimate of drug-likeness (QED) is 0.484. The van der Waals surface area contributed by atoms with Gasteiger partial charge in [0.1, 0.15) is 25.5 Å². The van der Waals surface area contributed by atoms with Crippen molar-refractivity contribution in [2.24, 2.45) is 5.16 Å². The number of aryl methyl sites for hydroxylation is 1. The minimum Gasteiger partial charge on any atom is -0.384 e. The minimum absolute atomic E-state index is 0.119. The van der Waals surface area contributed by atoms with Gasteiger partial charge in [-0.15, -0.1) is 0 Å². The topological polar surface area (TPSA) is 79.3 Å². The molecule has 1 unspecified atom stereocenters. The van der Waals surface area contributed by atoms with Crippen molar-refractivity contribution in [3.63, 3.8) is 0 Å². The number of amides is 3. The SMILES string of the molecule is Cc1cc(C2=NOC(C)(c3cccc(F)c3)C2)ccc1C(=O)N1CC(=O)N(CC(F)(F)F)C(=O)C1. The number of carbonyl (C=O) groups excluding carboxylic acids is 3. The van der Waals surface area contributed by atoms with Crippen LogP contribution in [0.15, 0.2) is 47.6 Å². The summed E-state index contributed by atoms with van der Waals surface area (Å²) in [5.41, 5.74) is 1.74. The maximum atomic E-state index is 13.7.